The summed E-state index contributed by atoms with van der Waals surface area (Å²) in [6, 6.07) is 7.59. The average molecular weight is 326 g/mol. The fourth-order valence-electron chi connectivity index (χ4n) is 1.88. The molecule has 6 heteroatoms. The van der Waals surface area contributed by atoms with Gasteiger partial charge >= 0.3 is 0 Å². The Kier molecular flexibility index (Phi) is 4.42. The van der Waals surface area contributed by atoms with E-state index in [1.165, 1.54) is 0 Å². The van der Waals surface area contributed by atoms with Crippen molar-refractivity contribution >= 4 is 27.7 Å². The Hall–Kier alpha value is -1.56. The van der Waals surface area contributed by atoms with Crippen molar-refractivity contribution in [2.45, 2.75) is 25.3 Å². The van der Waals surface area contributed by atoms with Gasteiger partial charge in [-0.1, -0.05) is 21.1 Å². The normalized spacial score (nSPS) is 15.3. The number of amides is 1. The lowest BCUT2D eigenvalue weighted by atomic mass is 10.2. The van der Waals surface area contributed by atoms with Crippen LogP contribution in [0.5, 0.6) is 0 Å². The largest absolute Gasteiger partial charge is 0.409 e. The summed E-state index contributed by atoms with van der Waals surface area (Å²) in [5.74, 6) is 0.148. The molecular formula is C13H16BrN3O2. The summed E-state index contributed by atoms with van der Waals surface area (Å²) in [6.07, 6.45) is 2.44. The molecule has 3 N–H and O–H groups in total. The van der Waals surface area contributed by atoms with Gasteiger partial charge in [0, 0.05) is 29.0 Å². The molecule has 0 bridgehead atoms. The van der Waals surface area contributed by atoms with Crippen molar-refractivity contribution in [1.29, 1.82) is 0 Å². The molecule has 1 aliphatic rings. The third kappa shape index (κ3) is 3.70. The summed E-state index contributed by atoms with van der Waals surface area (Å²) in [6.45, 7) is 0.482. The summed E-state index contributed by atoms with van der Waals surface area (Å²) < 4.78 is 0.943. The second-order valence-electron chi connectivity index (χ2n) is 4.58. The number of carbonyl (C=O) groups excluding carboxylic acids is 1. The zero-order chi connectivity index (χ0) is 13.8. The van der Waals surface area contributed by atoms with Crippen LogP contribution >= 0.6 is 15.9 Å². The summed E-state index contributed by atoms with van der Waals surface area (Å²) in [4.78, 5) is 14.2. The highest BCUT2D eigenvalue weighted by atomic mass is 79.9. The lowest BCUT2D eigenvalue weighted by Crippen LogP contribution is -2.35. The van der Waals surface area contributed by atoms with Crippen LogP contribution in [0, 0.1) is 0 Å². The molecule has 1 fully saturated rings. The van der Waals surface area contributed by atoms with E-state index in [1.54, 1.807) is 17.0 Å². The number of hydrogen-bond acceptors (Lipinski definition) is 3. The molecule has 0 aromatic heterocycles. The minimum Gasteiger partial charge on any atom is -0.409 e. The van der Waals surface area contributed by atoms with E-state index >= 15 is 0 Å². The standard InChI is InChI=1S/C13H16BrN3O2/c14-10-3-1-9(2-4-10)13(18)17(11-5-6-11)8-7-12(15)16-19/h1-4,11,19H,5-8H2,(H2,15,16). The van der Waals surface area contributed by atoms with E-state index in [0.29, 0.717) is 24.6 Å². The van der Waals surface area contributed by atoms with Gasteiger partial charge in [-0.25, -0.2) is 0 Å². The van der Waals surface area contributed by atoms with Crippen LogP contribution in [0.1, 0.15) is 29.6 Å². The lowest BCUT2D eigenvalue weighted by Gasteiger charge is -2.22. The molecule has 1 aliphatic carbocycles. The maximum atomic E-state index is 12.4. The molecule has 5 nitrogen and oxygen atoms in total. The molecule has 0 spiro atoms. The Morgan fingerprint density at radius 2 is 2.05 bits per heavy atom. The Morgan fingerprint density at radius 1 is 1.42 bits per heavy atom. The number of halogens is 1. The van der Waals surface area contributed by atoms with Gasteiger partial charge in [0.25, 0.3) is 5.91 Å². The second-order valence-corrected chi connectivity index (χ2v) is 5.49. The Morgan fingerprint density at radius 3 is 2.58 bits per heavy atom. The van der Waals surface area contributed by atoms with Gasteiger partial charge in [0.2, 0.25) is 0 Å². The molecule has 1 aromatic rings. The van der Waals surface area contributed by atoms with E-state index in [-0.39, 0.29) is 11.7 Å². The molecule has 0 saturated heterocycles. The van der Waals surface area contributed by atoms with Crippen molar-refractivity contribution in [1.82, 2.24) is 4.90 Å². The zero-order valence-electron chi connectivity index (χ0n) is 10.4. The second kappa shape index (κ2) is 6.06. The monoisotopic (exact) mass is 325 g/mol. The first-order chi connectivity index (χ1) is 9.11. The predicted octanol–water partition coefficient (Wildman–Crippen LogP) is 2.19. The van der Waals surface area contributed by atoms with E-state index in [0.717, 1.165) is 17.3 Å². The van der Waals surface area contributed by atoms with Crippen LogP contribution in [0.25, 0.3) is 0 Å². The quantitative estimate of drug-likeness (QED) is 0.377. The number of carbonyl (C=O) groups is 1. The molecule has 19 heavy (non-hydrogen) atoms. The van der Waals surface area contributed by atoms with Crippen LogP contribution in [-0.2, 0) is 0 Å². The first-order valence-corrected chi connectivity index (χ1v) is 6.94. The van der Waals surface area contributed by atoms with Crippen LogP contribution in [0.15, 0.2) is 33.9 Å². The van der Waals surface area contributed by atoms with Crippen molar-refractivity contribution in [3.8, 4) is 0 Å². The minimum atomic E-state index is 0.000685. The molecule has 0 atom stereocenters. The van der Waals surface area contributed by atoms with Crippen LogP contribution in [0.2, 0.25) is 0 Å². The van der Waals surface area contributed by atoms with Crippen LogP contribution < -0.4 is 5.73 Å². The number of rotatable bonds is 5. The number of nitrogens with two attached hydrogens (primary N) is 1. The highest BCUT2D eigenvalue weighted by molar-refractivity contribution is 9.10. The lowest BCUT2D eigenvalue weighted by molar-refractivity contribution is 0.0747. The predicted molar refractivity (Wildman–Crippen MR) is 76.2 cm³/mol. The molecule has 0 radical (unpaired) electrons. The number of nitrogens with zero attached hydrogens (tertiary/aromatic N) is 2. The smallest absolute Gasteiger partial charge is 0.254 e. The van der Waals surface area contributed by atoms with Crippen LogP contribution in [-0.4, -0.2) is 34.4 Å². The van der Waals surface area contributed by atoms with Crippen molar-refractivity contribution in [3.63, 3.8) is 0 Å². The van der Waals surface area contributed by atoms with Crippen molar-refractivity contribution in [2.24, 2.45) is 10.9 Å². The van der Waals surface area contributed by atoms with Crippen molar-refractivity contribution in [3.05, 3.63) is 34.3 Å². The molecular weight excluding hydrogens is 310 g/mol. The van der Waals surface area contributed by atoms with Crippen molar-refractivity contribution < 1.29 is 10.0 Å². The summed E-state index contributed by atoms with van der Waals surface area (Å²) >= 11 is 3.35. The maximum absolute atomic E-state index is 12.4. The van der Waals surface area contributed by atoms with Gasteiger partial charge in [0.1, 0.15) is 5.84 Å². The molecule has 2 rings (SSSR count). The number of hydrogen-bond donors (Lipinski definition) is 2. The average Bonchev–Trinajstić information content (AvgIpc) is 3.24. The van der Waals surface area contributed by atoms with Gasteiger partial charge in [-0.05, 0) is 37.1 Å². The summed E-state index contributed by atoms with van der Waals surface area (Å²) in [5.41, 5.74) is 6.12. The zero-order valence-corrected chi connectivity index (χ0v) is 12.0. The molecule has 1 amide bonds. The first-order valence-electron chi connectivity index (χ1n) is 6.14. The highest BCUT2D eigenvalue weighted by Gasteiger charge is 2.32. The first kappa shape index (κ1) is 13.9. The Balaban J connectivity index is 2.06. The highest BCUT2D eigenvalue weighted by Crippen LogP contribution is 2.28. The Labute approximate surface area is 120 Å². The maximum Gasteiger partial charge on any atom is 0.254 e. The summed E-state index contributed by atoms with van der Waals surface area (Å²) in [7, 11) is 0. The fourth-order valence-corrected chi connectivity index (χ4v) is 2.14. The van der Waals surface area contributed by atoms with Crippen molar-refractivity contribution in [2.75, 3.05) is 6.54 Å². The third-order valence-electron chi connectivity index (χ3n) is 3.08. The fraction of sp³-hybridized carbons (Fsp3) is 0.385. The van der Waals surface area contributed by atoms with E-state index in [4.69, 9.17) is 10.9 Å². The molecule has 0 aliphatic heterocycles. The van der Waals surface area contributed by atoms with Gasteiger partial charge < -0.3 is 15.8 Å². The van der Waals surface area contributed by atoms with E-state index in [1.807, 2.05) is 12.1 Å². The van der Waals surface area contributed by atoms with Gasteiger partial charge in [0.05, 0.1) is 0 Å². The van der Waals surface area contributed by atoms with E-state index in [9.17, 15) is 4.79 Å². The molecule has 1 saturated carbocycles. The van der Waals surface area contributed by atoms with E-state index in [2.05, 4.69) is 21.1 Å². The number of oxime groups is 1. The van der Waals surface area contributed by atoms with Gasteiger partial charge in [-0.15, -0.1) is 0 Å². The minimum absolute atomic E-state index is 0.000685. The molecule has 0 heterocycles. The Bertz CT molecular complexity index is 483. The van der Waals surface area contributed by atoms with Gasteiger partial charge in [-0.2, -0.15) is 0 Å². The number of benzene rings is 1. The molecule has 1 aromatic carbocycles. The van der Waals surface area contributed by atoms with E-state index < -0.39 is 0 Å². The van der Waals surface area contributed by atoms with Gasteiger partial charge in [-0.3, -0.25) is 4.79 Å². The number of amidine groups is 1. The van der Waals surface area contributed by atoms with Crippen LogP contribution in [0.4, 0.5) is 0 Å². The molecule has 102 valence electrons. The summed E-state index contributed by atoms with van der Waals surface area (Å²) in [5, 5.41) is 11.5. The van der Waals surface area contributed by atoms with Crippen LogP contribution in [0.3, 0.4) is 0 Å². The SMILES string of the molecule is NC(CCN(C(=O)c1ccc(Br)cc1)C1CC1)=NO. The molecule has 0 unspecified atom stereocenters. The third-order valence-corrected chi connectivity index (χ3v) is 3.61. The van der Waals surface area contributed by atoms with Gasteiger partial charge in [0.15, 0.2) is 0 Å². The topological polar surface area (TPSA) is 78.9 Å².